The van der Waals surface area contributed by atoms with Crippen molar-refractivity contribution in [3.8, 4) is 0 Å². The molecule has 0 aliphatic carbocycles. The Hall–Kier alpha value is -0.640. The van der Waals surface area contributed by atoms with Crippen LogP contribution < -0.4 is 5.32 Å². The van der Waals surface area contributed by atoms with Gasteiger partial charge in [0.2, 0.25) is 0 Å². The van der Waals surface area contributed by atoms with Crippen LogP contribution in [0.1, 0.15) is 51.1 Å². The summed E-state index contributed by atoms with van der Waals surface area (Å²) >= 11 is 5.85. The number of benzene rings is 1. The Morgan fingerprint density at radius 3 is 2.85 bits per heavy atom. The fourth-order valence-corrected chi connectivity index (χ4v) is 3.02. The van der Waals surface area contributed by atoms with Gasteiger partial charge >= 0.3 is 0 Å². The van der Waals surface area contributed by atoms with E-state index in [1.165, 1.54) is 6.07 Å². The summed E-state index contributed by atoms with van der Waals surface area (Å²) in [4.78, 5) is 0. The molecule has 0 radical (unpaired) electrons. The number of halogens is 2. The van der Waals surface area contributed by atoms with Gasteiger partial charge in [-0.05, 0) is 51.3 Å². The van der Waals surface area contributed by atoms with Crippen molar-refractivity contribution < 1.29 is 9.13 Å². The van der Waals surface area contributed by atoms with Crippen LogP contribution in [0.2, 0.25) is 5.02 Å². The highest BCUT2D eigenvalue weighted by Gasteiger charge is 2.38. The second-order valence-corrected chi connectivity index (χ2v) is 6.11. The fourth-order valence-electron chi connectivity index (χ4n) is 2.86. The second kappa shape index (κ2) is 6.88. The Morgan fingerprint density at radius 2 is 2.25 bits per heavy atom. The van der Waals surface area contributed by atoms with E-state index >= 15 is 0 Å². The molecule has 0 bridgehead atoms. The average molecular weight is 300 g/mol. The van der Waals surface area contributed by atoms with Crippen molar-refractivity contribution in [2.45, 2.75) is 51.2 Å². The minimum atomic E-state index is -0.359. The molecule has 1 heterocycles. The first-order valence-electron chi connectivity index (χ1n) is 7.39. The molecule has 0 spiro atoms. The molecule has 1 saturated heterocycles. The van der Waals surface area contributed by atoms with E-state index in [1.54, 1.807) is 12.1 Å². The lowest BCUT2D eigenvalue weighted by molar-refractivity contribution is -0.0903. The van der Waals surface area contributed by atoms with Gasteiger partial charge in [-0.1, -0.05) is 24.6 Å². The maximum Gasteiger partial charge on any atom is 0.129 e. The molecule has 1 N–H and O–H groups in total. The maximum absolute atomic E-state index is 14.3. The van der Waals surface area contributed by atoms with Crippen molar-refractivity contribution in [2.24, 2.45) is 0 Å². The van der Waals surface area contributed by atoms with Crippen LogP contribution in [-0.2, 0) is 4.74 Å². The summed E-state index contributed by atoms with van der Waals surface area (Å²) in [5.74, 6) is -0.262. The Balaban J connectivity index is 2.30. The third-order valence-corrected chi connectivity index (χ3v) is 4.22. The van der Waals surface area contributed by atoms with Gasteiger partial charge in [0.05, 0.1) is 11.6 Å². The van der Waals surface area contributed by atoms with Gasteiger partial charge in [0.1, 0.15) is 5.82 Å². The molecule has 20 heavy (non-hydrogen) atoms. The monoisotopic (exact) mass is 299 g/mol. The molecule has 0 saturated carbocycles. The van der Waals surface area contributed by atoms with Crippen molar-refractivity contribution in [3.63, 3.8) is 0 Å². The largest absolute Gasteiger partial charge is 0.373 e. The molecule has 1 aromatic carbocycles. The quantitative estimate of drug-likeness (QED) is 0.865. The van der Waals surface area contributed by atoms with Gasteiger partial charge in [-0.25, -0.2) is 4.39 Å². The number of hydrogen-bond acceptors (Lipinski definition) is 2. The standard InChI is InChI=1S/C16H23ClFNO/c1-3-9-19-15(16(2)8-4-5-10-20-16)13-7-6-12(17)11-14(13)18/h6-7,11,15,19H,3-5,8-10H2,1-2H3. The summed E-state index contributed by atoms with van der Waals surface area (Å²) in [7, 11) is 0. The van der Waals surface area contributed by atoms with Crippen LogP contribution in [0.4, 0.5) is 4.39 Å². The van der Waals surface area contributed by atoms with E-state index in [-0.39, 0.29) is 17.5 Å². The third kappa shape index (κ3) is 3.51. The van der Waals surface area contributed by atoms with Crippen LogP contribution in [0, 0.1) is 5.82 Å². The highest BCUT2D eigenvalue weighted by Crippen LogP contribution is 2.38. The highest BCUT2D eigenvalue weighted by atomic mass is 35.5. The number of rotatable bonds is 5. The molecule has 0 amide bonds. The van der Waals surface area contributed by atoms with Crippen molar-refractivity contribution in [1.29, 1.82) is 0 Å². The van der Waals surface area contributed by atoms with E-state index in [2.05, 4.69) is 19.2 Å². The van der Waals surface area contributed by atoms with Crippen LogP contribution in [0.25, 0.3) is 0 Å². The normalized spacial score (nSPS) is 24.6. The summed E-state index contributed by atoms with van der Waals surface area (Å²) in [6, 6.07) is 4.75. The van der Waals surface area contributed by atoms with E-state index in [0.717, 1.165) is 38.8 Å². The molecule has 1 fully saturated rings. The van der Waals surface area contributed by atoms with Gasteiger partial charge in [-0.15, -0.1) is 0 Å². The lowest BCUT2D eigenvalue weighted by Gasteiger charge is -2.41. The van der Waals surface area contributed by atoms with Crippen molar-refractivity contribution in [3.05, 3.63) is 34.6 Å². The summed E-state index contributed by atoms with van der Waals surface area (Å²) in [5, 5.41) is 3.87. The van der Waals surface area contributed by atoms with Crippen LogP contribution in [-0.4, -0.2) is 18.8 Å². The summed E-state index contributed by atoms with van der Waals surface area (Å²) in [6.45, 7) is 5.77. The Labute approximate surface area is 125 Å². The Morgan fingerprint density at radius 1 is 1.45 bits per heavy atom. The van der Waals surface area contributed by atoms with E-state index in [4.69, 9.17) is 16.3 Å². The van der Waals surface area contributed by atoms with Gasteiger partial charge in [0.25, 0.3) is 0 Å². The molecule has 4 heteroatoms. The lowest BCUT2D eigenvalue weighted by Crippen LogP contribution is -2.46. The van der Waals surface area contributed by atoms with Crippen molar-refractivity contribution >= 4 is 11.6 Å². The van der Waals surface area contributed by atoms with E-state index in [0.29, 0.717) is 10.6 Å². The zero-order valence-corrected chi connectivity index (χ0v) is 13.0. The Kier molecular flexibility index (Phi) is 5.42. The number of hydrogen-bond donors (Lipinski definition) is 1. The van der Waals surface area contributed by atoms with Crippen LogP contribution in [0.15, 0.2) is 18.2 Å². The zero-order chi connectivity index (χ0) is 14.6. The van der Waals surface area contributed by atoms with Gasteiger partial charge in [0.15, 0.2) is 0 Å². The van der Waals surface area contributed by atoms with Crippen LogP contribution in [0.3, 0.4) is 0 Å². The average Bonchev–Trinajstić information content (AvgIpc) is 2.42. The number of ether oxygens (including phenoxy) is 1. The molecule has 2 unspecified atom stereocenters. The molecule has 112 valence electrons. The minimum Gasteiger partial charge on any atom is -0.373 e. The number of nitrogens with one attached hydrogen (secondary N) is 1. The topological polar surface area (TPSA) is 21.3 Å². The highest BCUT2D eigenvalue weighted by molar-refractivity contribution is 6.30. The first kappa shape index (κ1) is 15.7. The molecule has 2 nitrogen and oxygen atoms in total. The minimum absolute atomic E-state index is 0.139. The predicted molar refractivity (Wildman–Crippen MR) is 80.7 cm³/mol. The first-order valence-corrected chi connectivity index (χ1v) is 7.77. The van der Waals surface area contributed by atoms with Gasteiger partial charge in [-0.2, -0.15) is 0 Å². The van der Waals surface area contributed by atoms with E-state index in [1.807, 2.05) is 0 Å². The molecule has 1 aliphatic rings. The zero-order valence-electron chi connectivity index (χ0n) is 12.2. The molecule has 1 aliphatic heterocycles. The van der Waals surface area contributed by atoms with Crippen molar-refractivity contribution in [2.75, 3.05) is 13.2 Å². The van der Waals surface area contributed by atoms with Gasteiger partial charge in [-0.3, -0.25) is 0 Å². The van der Waals surface area contributed by atoms with Crippen LogP contribution >= 0.6 is 11.6 Å². The first-order chi connectivity index (χ1) is 9.57. The summed E-state index contributed by atoms with van der Waals surface area (Å²) in [5.41, 5.74) is 0.287. The van der Waals surface area contributed by atoms with Gasteiger partial charge < -0.3 is 10.1 Å². The van der Waals surface area contributed by atoms with Crippen LogP contribution in [0.5, 0.6) is 0 Å². The molecule has 2 rings (SSSR count). The molecule has 1 aromatic rings. The van der Waals surface area contributed by atoms with Gasteiger partial charge in [0, 0.05) is 17.2 Å². The fraction of sp³-hybridized carbons (Fsp3) is 0.625. The SMILES string of the molecule is CCCNC(c1ccc(Cl)cc1F)C1(C)CCCCO1. The summed E-state index contributed by atoms with van der Waals surface area (Å²) < 4.78 is 20.3. The third-order valence-electron chi connectivity index (χ3n) is 3.98. The summed E-state index contributed by atoms with van der Waals surface area (Å²) in [6.07, 6.45) is 4.15. The lowest BCUT2D eigenvalue weighted by atomic mass is 9.84. The molecular weight excluding hydrogens is 277 g/mol. The van der Waals surface area contributed by atoms with E-state index < -0.39 is 0 Å². The maximum atomic E-state index is 14.3. The second-order valence-electron chi connectivity index (χ2n) is 5.67. The molecule has 2 atom stereocenters. The van der Waals surface area contributed by atoms with Crippen molar-refractivity contribution in [1.82, 2.24) is 5.32 Å². The smallest absolute Gasteiger partial charge is 0.129 e. The molecule has 0 aromatic heterocycles. The molecular formula is C16H23ClFNO. The predicted octanol–water partition coefficient (Wildman–Crippen LogP) is 4.48. The Bertz CT molecular complexity index is 446. The van der Waals surface area contributed by atoms with E-state index in [9.17, 15) is 4.39 Å².